The molecule has 7 nitrogen and oxygen atoms in total. The Balaban J connectivity index is 2.64. The van der Waals surface area contributed by atoms with E-state index < -0.39 is 53.7 Å². The van der Waals surface area contributed by atoms with Gasteiger partial charge in [-0.3, -0.25) is 9.59 Å². The van der Waals surface area contributed by atoms with E-state index in [4.69, 9.17) is 4.74 Å². The molecule has 0 aromatic heterocycles. The largest absolute Gasteiger partial charge is 0.459 e. The molecule has 1 aliphatic rings. The Bertz CT molecular complexity index is 629. The van der Waals surface area contributed by atoms with Gasteiger partial charge >= 0.3 is 18.3 Å². The summed E-state index contributed by atoms with van der Waals surface area (Å²) in [5, 5.41) is 14.3. The number of halogens is 6. The first-order valence-electron chi connectivity index (χ1n) is 8.69. The van der Waals surface area contributed by atoms with Crippen molar-refractivity contribution in [2.24, 2.45) is 5.16 Å². The van der Waals surface area contributed by atoms with Crippen LogP contribution in [-0.4, -0.2) is 58.9 Å². The van der Waals surface area contributed by atoms with Gasteiger partial charge in [-0.15, -0.1) is 0 Å². The topological polar surface area (TPSA) is 97.2 Å². The molecule has 1 heterocycles. The van der Waals surface area contributed by atoms with E-state index in [0.29, 0.717) is 12.8 Å². The average Bonchev–Trinajstić information content (AvgIpc) is 3.09. The summed E-state index contributed by atoms with van der Waals surface area (Å²) in [6.07, 6.45) is -15.5. The lowest BCUT2D eigenvalue weighted by atomic mass is 9.91. The van der Waals surface area contributed by atoms with Gasteiger partial charge in [-0.2, -0.15) is 26.3 Å². The lowest BCUT2D eigenvalue weighted by Crippen LogP contribution is -2.64. The number of amides is 1. The first kappa shape index (κ1) is 25.0. The number of hydrogen-bond acceptors (Lipinski definition) is 6. The molecule has 1 rings (SSSR count). The number of aliphatic hydroxyl groups is 1. The fourth-order valence-electron chi connectivity index (χ4n) is 2.36. The van der Waals surface area contributed by atoms with E-state index in [1.165, 1.54) is 0 Å². The number of carbonyl (C=O) groups excluding carboxylic acids is 2. The zero-order valence-corrected chi connectivity index (χ0v) is 15.9. The van der Waals surface area contributed by atoms with Gasteiger partial charge in [-0.1, -0.05) is 19.0 Å². The molecular weight excluding hydrogens is 414 g/mol. The summed E-state index contributed by atoms with van der Waals surface area (Å²) >= 11 is 0. The van der Waals surface area contributed by atoms with Gasteiger partial charge in [-0.25, -0.2) is 0 Å². The summed E-state index contributed by atoms with van der Waals surface area (Å²) in [5.74, 6) is -1.76. The van der Waals surface area contributed by atoms with Crippen LogP contribution in [0.5, 0.6) is 0 Å². The fourth-order valence-corrected chi connectivity index (χ4v) is 2.36. The lowest BCUT2D eigenvalue weighted by molar-refractivity contribution is -0.392. The molecule has 168 valence electrons. The minimum atomic E-state index is -6.10. The van der Waals surface area contributed by atoms with Crippen molar-refractivity contribution in [1.29, 1.82) is 0 Å². The first-order chi connectivity index (χ1) is 13.1. The van der Waals surface area contributed by atoms with Crippen LogP contribution in [0.1, 0.15) is 46.5 Å². The van der Waals surface area contributed by atoms with Crippen LogP contribution in [0.3, 0.4) is 0 Å². The third kappa shape index (κ3) is 5.52. The predicted molar refractivity (Wildman–Crippen MR) is 86.7 cm³/mol. The van der Waals surface area contributed by atoms with Gasteiger partial charge in [0.25, 0.3) is 11.5 Å². The molecule has 0 fully saturated rings. The van der Waals surface area contributed by atoms with Crippen LogP contribution >= 0.6 is 0 Å². The van der Waals surface area contributed by atoms with Gasteiger partial charge in [0.15, 0.2) is 6.10 Å². The predicted octanol–water partition coefficient (Wildman–Crippen LogP) is 2.62. The van der Waals surface area contributed by atoms with Crippen molar-refractivity contribution in [3.8, 4) is 0 Å². The molecule has 0 radical (unpaired) electrons. The monoisotopic (exact) mass is 436 g/mol. The highest BCUT2D eigenvalue weighted by Gasteiger charge is 2.76. The first-order valence-corrected chi connectivity index (χ1v) is 8.69. The SMILES string of the molecule is CCC(C)(CC)OC(=O)CCNC(=O)C1=NOC(C(O)(C(F)(F)F)C(F)(F)F)C1. The highest BCUT2D eigenvalue weighted by Crippen LogP contribution is 2.48. The molecule has 29 heavy (non-hydrogen) atoms. The number of nitrogens with one attached hydrogen (secondary N) is 1. The Morgan fingerprint density at radius 1 is 1.17 bits per heavy atom. The van der Waals surface area contributed by atoms with Gasteiger partial charge in [0.2, 0.25) is 0 Å². The smallest absolute Gasteiger partial charge is 0.430 e. The molecule has 13 heteroatoms. The molecule has 1 unspecified atom stereocenters. The normalized spacial score (nSPS) is 18.1. The molecule has 0 aromatic carbocycles. The number of nitrogens with zero attached hydrogens (tertiary/aromatic N) is 1. The molecule has 0 aromatic rings. The molecule has 0 aliphatic carbocycles. The molecular formula is C16H22F6N2O5. The van der Waals surface area contributed by atoms with Crippen LogP contribution in [0.15, 0.2) is 5.16 Å². The Hall–Kier alpha value is -2.05. The highest BCUT2D eigenvalue weighted by molar-refractivity contribution is 6.39. The molecule has 1 amide bonds. The van der Waals surface area contributed by atoms with Crippen LogP contribution < -0.4 is 5.32 Å². The minimum Gasteiger partial charge on any atom is -0.459 e. The fraction of sp³-hybridized carbons (Fsp3) is 0.812. The Morgan fingerprint density at radius 2 is 1.69 bits per heavy atom. The van der Waals surface area contributed by atoms with Gasteiger partial charge in [0.05, 0.1) is 6.42 Å². The second kappa shape index (κ2) is 8.76. The van der Waals surface area contributed by atoms with Crippen LogP contribution in [-0.2, 0) is 19.2 Å². The van der Waals surface area contributed by atoms with Gasteiger partial charge in [0, 0.05) is 13.0 Å². The minimum absolute atomic E-state index is 0.270. The standard InChI is InChI=1S/C16H22F6N2O5/c1-4-13(3,5-2)28-11(25)6-7-23-12(26)9-8-10(29-24-9)14(27,15(17,18)19)16(20,21)22/h10,27H,4-8H2,1-3H3,(H,23,26). The molecule has 0 saturated heterocycles. The van der Waals surface area contributed by atoms with E-state index in [9.17, 15) is 41.0 Å². The van der Waals surface area contributed by atoms with E-state index in [2.05, 4.69) is 15.3 Å². The molecule has 0 saturated carbocycles. The number of rotatable bonds is 8. The average molecular weight is 436 g/mol. The van der Waals surface area contributed by atoms with E-state index in [-0.39, 0.29) is 13.0 Å². The van der Waals surface area contributed by atoms with Crippen molar-refractivity contribution in [1.82, 2.24) is 5.32 Å². The van der Waals surface area contributed by atoms with Crippen LogP contribution in [0.25, 0.3) is 0 Å². The maximum atomic E-state index is 12.8. The quantitative estimate of drug-likeness (QED) is 0.451. The summed E-state index contributed by atoms with van der Waals surface area (Å²) in [5.41, 5.74) is -6.65. The van der Waals surface area contributed by atoms with Gasteiger partial charge in [-0.05, 0) is 19.8 Å². The van der Waals surface area contributed by atoms with Crippen molar-refractivity contribution in [3.63, 3.8) is 0 Å². The maximum Gasteiger partial charge on any atom is 0.430 e. The number of oxime groups is 1. The summed E-state index contributed by atoms with van der Waals surface area (Å²) in [4.78, 5) is 27.7. The van der Waals surface area contributed by atoms with Crippen molar-refractivity contribution < 1.29 is 50.6 Å². The van der Waals surface area contributed by atoms with Crippen molar-refractivity contribution in [2.75, 3.05) is 6.54 Å². The second-order valence-corrected chi connectivity index (χ2v) is 6.74. The molecule has 1 atom stereocenters. The summed E-state index contributed by atoms with van der Waals surface area (Å²) in [6, 6.07) is 0. The van der Waals surface area contributed by atoms with Crippen molar-refractivity contribution in [2.45, 2.75) is 76.1 Å². The Morgan fingerprint density at radius 3 is 2.14 bits per heavy atom. The Labute approximate surface area is 162 Å². The summed E-state index contributed by atoms with van der Waals surface area (Å²) < 4.78 is 82.1. The highest BCUT2D eigenvalue weighted by atomic mass is 19.4. The maximum absolute atomic E-state index is 12.8. The molecule has 0 spiro atoms. The van der Waals surface area contributed by atoms with Gasteiger partial charge < -0.3 is 20.0 Å². The van der Waals surface area contributed by atoms with E-state index in [1.54, 1.807) is 6.92 Å². The number of hydrogen-bond donors (Lipinski definition) is 2. The van der Waals surface area contributed by atoms with E-state index in [1.807, 2.05) is 13.8 Å². The third-order valence-electron chi connectivity index (χ3n) is 4.73. The Kier molecular flexibility index (Phi) is 7.55. The van der Waals surface area contributed by atoms with E-state index in [0.717, 1.165) is 0 Å². The van der Waals surface area contributed by atoms with Crippen LogP contribution in [0, 0.1) is 0 Å². The lowest BCUT2D eigenvalue weighted by Gasteiger charge is -2.35. The molecule has 1 aliphatic heterocycles. The zero-order valence-electron chi connectivity index (χ0n) is 15.9. The van der Waals surface area contributed by atoms with Crippen LogP contribution in [0.4, 0.5) is 26.3 Å². The number of carbonyl (C=O) groups is 2. The number of alkyl halides is 6. The van der Waals surface area contributed by atoms with Gasteiger partial charge in [0.1, 0.15) is 11.3 Å². The summed E-state index contributed by atoms with van der Waals surface area (Å²) in [7, 11) is 0. The van der Waals surface area contributed by atoms with Crippen molar-refractivity contribution >= 4 is 17.6 Å². The zero-order chi connectivity index (χ0) is 22.7. The number of esters is 1. The second-order valence-electron chi connectivity index (χ2n) is 6.74. The molecule has 2 N–H and O–H groups in total. The third-order valence-corrected chi connectivity index (χ3v) is 4.73. The molecule has 0 bridgehead atoms. The van der Waals surface area contributed by atoms with Crippen LogP contribution in [0.2, 0.25) is 0 Å². The summed E-state index contributed by atoms with van der Waals surface area (Å²) in [6.45, 7) is 5.07. The van der Waals surface area contributed by atoms with E-state index >= 15 is 0 Å². The number of ether oxygens (including phenoxy) is 1. The van der Waals surface area contributed by atoms with Crippen molar-refractivity contribution in [3.05, 3.63) is 0 Å².